The van der Waals surface area contributed by atoms with E-state index in [1.807, 2.05) is 26.0 Å². The molecule has 1 aromatic carbocycles. The van der Waals surface area contributed by atoms with Gasteiger partial charge in [-0.05, 0) is 39.8 Å². The average Bonchev–Trinajstić information content (AvgIpc) is 2.63. The van der Waals surface area contributed by atoms with Crippen LogP contribution in [0.15, 0.2) is 18.3 Å². The van der Waals surface area contributed by atoms with Crippen LogP contribution in [0.1, 0.15) is 27.7 Å². The SMILES string of the molecule is CC(C)(O)C(C)(C)Nc1cc2[nH]ncc2cc1N. The number of hydrogen-bond acceptors (Lipinski definition) is 4. The van der Waals surface area contributed by atoms with Crippen LogP contribution in [0.3, 0.4) is 0 Å². The highest BCUT2D eigenvalue weighted by Gasteiger charge is 2.35. The lowest BCUT2D eigenvalue weighted by Gasteiger charge is -2.39. The second-order valence-corrected chi connectivity index (χ2v) is 5.71. The van der Waals surface area contributed by atoms with E-state index in [2.05, 4.69) is 15.5 Å². The van der Waals surface area contributed by atoms with E-state index in [9.17, 15) is 5.11 Å². The summed E-state index contributed by atoms with van der Waals surface area (Å²) in [7, 11) is 0. The predicted octanol–water partition coefficient (Wildman–Crippen LogP) is 2.11. The maximum absolute atomic E-state index is 10.1. The van der Waals surface area contributed by atoms with Crippen molar-refractivity contribution in [2.45, 2.75) is 38.8 Å². The minimum atomic E-state index is -0.873. The number of aromatic nitrogens is 2. The van der Waals surface area contributed by atoms with Gasteiger partial charge in [0, 0.05) is 5.39 Å². The van der Waals surface area contributed by atoms with Gasteiger partial charge in [-0.1, -0.05) is 0 Å². The summed E-state index contributed by atoms with van der Waals surface area (Å²) in [5.74, 6) is 0. The molecule has 0 saturated heterocycles. The molecule has 0 atom stereocenters. The molecule has 0 spiro atoms. The third-order valence-electron chi connectivity index (χ3n) is 3.59. The number of nitrogens with one attached hydrogen (secondary N) is 2. The average molecular weight is 248 g/mol. The fraction of sp³-hybridized carbons (Fsp3) is 0.462. The molecule has 0 aliphatic heterocycles. The highest BCUT2D eigenvalue weighted by molar-refractivity contribution is 5.88. The van der Waals surface area contributed by atoms with E-state index in [1.54, 1.807) is 20.0 Å². The van der Waals surface area contributed by atoms with E-state index < -0.39 is 11.1 Å². The zero-order valence-corrected chi connectivity index (χ0v) is 11.2. The number of anilines is 2. The summed E-state index contributed by atoms with van der Waals surface area (Å²) in [6.07, 6.45) is 1.73. The topological polar surface area (TPSA) is 87.0 Å². The second-order valence-electron chi connectivity index (χ2n) is 5.71. The second kappa shape index (κ2) is 3.88. The maximum atomic E-state index is 10.1. The minimum absolute atomic E-state index is 0.505. The lowest BCUT2D eigenvalue weighted by molar-refractivity contribution is 0.0241. The standard InChI is InChI=1S/C13H20N4O/c1-12(2,13(3,4)18)16-11-6-10-8(5-9(11)14)7-15-17-10/h5-7,16,18H,14H2,1-4H3,(H,15,17). The van der Waals surface area contributed by atoms with Gasteiger partial charge >= 0.3 is 0 Å². The van der Waals surface area contributed by atoms with Gasteiger partial charge in [-0.3, -0.25) is 5.10 Å². The number of H-pyrrole nitrogens is 1. The number of aromatic amines is 1. The molecule has 0 aliphatic rings. The molecule has 0 fully saturated rings. The van der Waals surface area contributed by atoms with Crippen LogP contribution in [-0.4, -0.2) is 26.4 Å². The van der Waals surface area contributed by atoms with Crippen molar-refractivity contribution in [2.24, 2.45) is 0 Å². The third kappa shape index (κ3) is 2.13. The number of aliphatic hydroxyl groups is 1. The first-order valence-electron chi connectivity index (χ1n) is 5.94. The van der Waals surface area contributed by atoms with Crippen LogP contribution in [0.4, 0.5) is 11.4 Å². The molecule has 1 heterocycles. The van der Waals surface area contributed by atoms with Gasteiger partial charge < -0.3 is 16.2 Å². The summed E-state index contributed by atoms with van der Waals surface area (Å²) in [4.78, 5) is 0. The Hall–Kier alpha value is -1.75. The Morgan fingerprint density at radius 3 is 2.56 bits per heavy atom. The zero-order chi connectivity index (χ0) is 13.6. The van der Waals surface area contributed by atoms with Crippen LogP contribution in [0, 0.1) is 0 Å². The van der Waals surface area contributed by atoms with Crippen LogP contribution in [0.25, 0.3) is 10.9 Å². The molecule has 0 aliphatic carbocycles. The van der Waals surface area contributed by atoms with Crippen LogP contribution in [0.2, 0.25) is 0 Å². The molecule has 0 radical (unpaired) electrons. The van der Waals surface area contributed by atoms with Crippen molar-refractivity contribution in [2.75, 3.05) is 11.1 Å². The number of benzene rings is 1. The van der Waals surface area contributed by atoms with E-state index in [1.165, 1.54) is 0 Å². The van der Waals surface area contributed by atoms with E-state index in [4.69, 9.17) is 5.73 Å². The van der Waals surface area contributed by atoms with Crippen LogP contribution < -0.4 is 11.1 Å². The van der Waals surface area contributed by atoms with Crippen molar-refractivity contribution in [1.29, 1.82) is 0 Å². The summed E-state index contributed by atoms with van der Waals surface area (Å²) >= 11 is 0. The van der Waals surface area contributed by atoms with Crippen molar-refractivity contribution in [3.63, 3.8) is 0 Å². The molecular weight excluding hydrogens is 228 g/mol. The number of fused-ring (bicyclic) bond motifs is 1. The summed E-state index contributed by atoms with van der Waals surface area (Å²) in [5.41, 5.74) is 6.98. The van der Waals surface area contributed by atoms with Gasteiger partial charge in [-0.25, -0.2) is 0 Å². The van der Waals surface area contributed by atoms with E-state index in [-0.39, 0.29) is 0 Å². The van der Waals surface area contributed by atoms with Crippen LogP contribution >= 0.6 is 0 Å². The number of hydrogen-bond donors (Lipinski definition) is 4. The summed E-state index contributed by atoms with van der Waals surface area (Å²) in [5, 5.41) is 21.3. The number of nitrogens with zero attached hydrogens (tertiary/aromatic N) is 1. The summed E-state index contributed by atoms with van der Waals surface area (Å²) < 4.78 is 0. The fourth-order valence-corrected chi connectivity index (χ4v) is 1.61. The van der Waals surface area contributed by atoms with Crippen LogP contribution in [-0.2, 0) is 0 Å². The van der Waals surface area contributed by atoms with Crippen molar-refractivity contribution < 1.29 is 5.11 Å². The Kier molecular flexibility index (Phi) is 2.74. The Morgan fingerprint density at radius 2 is 1.94 bits per heavy atom. The van der Waals surface area contributed by atoms with Gasteiger partial charge in [0.05, 0.1) is 34.2 Å². The van der Waals surface area contributed by atoms with Gasteiger partial charge in [0.2, 0.25) is 0 Å². The third-order valence-corrected chi connectivity index (χ3v) is 3.59. The first-order chi connectivity index (χ1) is 8.21. The molecule has 2 rings (SSSR count). The first kappa shape index (κ1) is 12.7. The monoisotopic (exact) mass is 248 g/mol. The molecule has 0 unspecified atom stereocenters. The molecule has 0 amide bonds. The van der Waals surface area contributed by atoms with E-state index >= 15 is 0 Å². The van der Waals surface area contributed by atoms with Gasteiger partial charge in [0.15, 0.2) is 0 Å². The minimum Gasteiger partial charge on any atom is -0.397 e. The van der Waals surface area contributed by atoms with Crippen molar-refractivity contribution >= 4 is 22.3 Å². The number of rotatable bonds is 3. The Bertz CT molecular complexity index is 566. The van der Waals surface area contributed by atoms with Gasteiger partial charge in [0.25, 0.3) is 0 Å². The maximum Gasteiger partial charge on any atom is 0.0814 e. The lowest BCUT2D eigenvalue weighted by atomic mass is 9.85. The Labute approximate surface area is 106 Å². The molecule has 98 valence electrons. The molecule has 0 saturated carbocycles. The molecule has 5 nitrogen and oxygen atoms in total. The van der Waals surface area contributed by atoms with Gasteiger partial charge in [0.1, 0.15) is 0 Å². The lowest BCUT2D eigenvalue weighted by Crippen LogP contribution is -2.51. The quantitative estimate of drug-likeness (QED) is 0.626. The molecule has 1 aromatic heterocycles. The highest BCUT2D eigenvalue weighted by atomic mass is 16.3. The van der Waals surface area contributed by atoms with Gasteiger partial charge in [-0.2, -0.15) is 5.10 Å². The zero-order valence-electron chi connectivity index (χ0n) is 11.2. The Balaban J connectivity index is 2.40. The van der Waals surface area contributed by atoms with Gasteiger partial charge in [-0.15, -0.1) is 0 Å². The highest BCUT2D eigenvalue weighted by Crippen LogP contribution is 2.31. The van der Waals surface area contributed by atoms with E-state index in [0.717, 1.165) is 16.6 Å². The molecule has 5 N–H and O–H groups in total. The Morgan fingerprint density at radius 1 is 1.28 bits per heavy atom. The number of nitrogens with two attached hydrogens (primary N) is 1. The van der Waals surface area contributed by atoms with Crippen molar-refractivity contribution in [1.82, 2.24) is 10.2 Å². The molecule has 2 aromatic rings. The first-order valence-corrected chi connectivity index (χ1v) is 5.94. The normalized spacial score (nSPS) is 12.9. The summed E-state index contributed by atoms with van der Waals surface area (Å²) in [6, 6.07) is 3.77. The molecule has 0 bridgehead atoms. The number of nitrogen functional groups attached to an aromatic ring is 1. The molecule has 5 heteroatoms. The van der Waals surface area contributed by atoms with Crippen LogP contribution in [0.5, 0.6) is 0 Å². The van der Waals surface area contributed by atoms with Crippen molar-refractivity contribution in [3.05, 3.63) is 18.3 Å². The molecular formula is C13H20N4O. The smallest absolute Gasteiger partial charge is 0.0814 e. The largest absolute Gasteiger partial charge is 0.397 e. The predicted molar refractivity (Wildman–Crippen MR) is 74.5 cm³/mol. The molecule has 18 heavy (non-hydrogen) atoms. The summed E-state index contributed by atoms with van der Waals surface area (Å²) in [6.45, 7) is 7.41. The van der Waals surface area contributed by atoms with Crippen molar-refractivity contribution in [3.8, 4) is 0 Å². The van der Waals surface area contributed by atoms with E-state index in [0.29, 0.717) is 5.69 Å². The fourth-order valence-electron chi connectivity index (χ4n) is 1.61.